The van der Waals surface area contributed by atoms with E-state index in [4.69, 9.17) is 0 Å². The van der Waals surface area contributed by atoms with E-state index in [0.717, 1.165) is 71.4 Å². The molecule has 0 bridgehead atoms. The summed E-state index contributed by atoms with van der Waals surface area (Å²) in [4.78, 5) is 30.0. The molecule has 0 atom stereocenters. The van der Waals surface area contributed by atoms with Crippen LogP contribution in [0.1, 0.15) is 44.9 Å². The Balaban J connectivity index is 1.45. The maximum absolute atomic E-state index is 11.9. The molecule has 5 nitrogen and oxygen atoms in total. The number of amides is 2. The average molecular weight is 307 g/mol. The lowest BCUT2D eigenvalue weighted by molar-refractivity contribution is -0.129. The minimum absolute atomic E-state index is 0.312. The molecular weight excluding hydrogens is 278 g/mol. The predicted octanol–water partition coefficient (Wildman–Crippen LogP) is 1.33. The lowest BCUT2D eigenvalue weighted by atomic mass is 9.73. The van der Waals surface area contributed by atoms with Crippen LogP contribution in [0.4, 0.5) is 0 Å². The van der Waals surface area contributed by atoms with Gasteiger partial charge >= 0.3 is 0 Å². The van der Waals surface area contributed by atoms with Crippen LogP contribution in [0, 0.1) is 5.41 Å². The number of hydrogen-bond acceptors (Lipinski definition) is 3. The number of hydrogen-bond donors (Lipinski definition) is 0. The zero-order valence-corrected chi connectivity index (χ0v) is 13.9. The van der Waals surface area contributed by atoms with Gasteiger partial charge < -0.3 is 14.7 Å². The summed E-state index contributed by atoms with van der Waals surface area (Å²) in [5, 5.41) is 0. The second-order valence-electron chi connectivity index (χ2n) is 7.39. The molecule has 3 heterocycles. The van der Waals surface area contributed by atoms with Gasteiger partial charge in [-0.2, -0.15) is 0 Å². The van der Waals surface area contributed by atoms with Crippen molar-refractivity contribution in [3.63, 3.8) is 0 Å². The summed E-state index contributed by atoms with van der Waals surface area (Å²) >= 11 is 0. The third-order valence-electron chi connectivity index (χ3n) is 6.05. The molecule has 3 fully saturated rings. The predicted molar refractivity (Wildman–Crippen MR) is 85.4 cm³/mol. The third kappa shape index (κ3) is 3.45. The molecule has 3 aliphatic rings. The maximum atomic E-state index is 11.9. The highest BCUT2D eigenvalue weighted by Crippen LogP contribution is 2.41. The van der Waals surface area contributed by atoms with E-state index in [1.807, 2.05) is 16.8 Å². The second-order valence-corrected chi connectivity index (χ2v) is 7.39. The van der Waals surface area contributed by atoms with Crippen molar-refractivity contribution in [3.05, 3.63) is 0 Å². The Morgan fingerprint density at radius 1 is 0.864 bits per heavy atom. The Hall–Kier alpha value is -1.10. The van der Waals surface area contributed by atoms with Crippen LogP contribution >= 0.6 is 0 Å². The van der Waals surface area contributed by atoms with E-state index in [1.165, 1.54) is 12.8 Å². The smallest absolute Gasteiger partial charge is 0.222 e. The topological polar surface area (TPSA) is 43.9 Å². The monoisotopic (exact) mass is 307 g/mol. The van der Waals surface area contributed by atoms with Gasteiger partial charge in [0.1, 0.15) is 0 Å². The van der Waals surface area contributed by atoms with E-state index in [9.17, 15) is 9.59 Å². The first-order chi connectivity index (χ1) is 10.6. The summed E-state index contributed by atoms with van der Waals surface area (Å²) in [5.74, 6) is 0.644. The first-order valence-corrected chi connectivity index (χ1v) is 8.82. The number of likely N-dealkylation sites (tertiary alicyclic amines) is 3. The zero-order valence-electron chi connectivity index (χ0n) is 13.9. The quantitative estimate of drug-likeness (QED) is 0.790. The molecule has 5 heteroatoms. The van der Waals surface area contributed by atoms with E-state index in [0.29, 0.717) is 17.2 Å². The fourth-order valence-electron chi connectivity index (χ4n) is 4.17. The van der Waals surface area contributed by atoms with E-state index in [-0.39, 0.29) is 0 Å². The van der Waals surface area contributed by atoms with Crippen molar-refractivity contribution in [2.75, 3.05) is 46.3 Å². The average Bonchev–Trinajstić information content (AvgIpc) is 2.89. The molecule has 2 amide bonds. The van der Waals surface area contributed by atoms with Gasteiger partial charge in [0.15, 0.2) is 0 Å². The van der Waals surface area contributed by atoms with Gasteiger partial charge in [-0.15, -0.1) is 0 Å². The number of piperidine rings is 1. The Kier molecular flexibility index (Phi) is 4.71. The molecule has 0 aliphatic carbocycles. The summed E-state index contributed by atoms with van der Waals surface area (Å²) < 4.78 is 0. The first-order valence-electron chi connectivity index (χ1n) is 8.82. The van der Waals surface area contributed by atoms with Crippen LogP contribution in [0.5, 0.6) is 0 Å². The van der Waals surface area contributed by atoms with Crippen LogP contribution in [0.25, 0.3) is 0 Å². The lowest BCUT2D eigenvalue weighted by Crippen LogP contribution is -2.43. The summed E-state index contributed by atoms with van der Waals surface area (Å²) in [7, 11) is 1.93. The van der Waals surface area contributed by atoms with Gasteiger partial charge in [-0.25, -0.2) is 0 Å². The molecule has 1 spiro atoms. The van der Waals surface area contributed by atoms with Crippen molar-refractivity contribution >= 4 is 11.8 Å². The van der Waals surface area contributed by atoms with Gasteiger partial charge in [0.25, 0.3) is 0 Å². The normalized spacial score (nSPS) is 26.8. The molecular formula is C17H29N3O2. The highest BCUT2D eigenvalue weighted by molar-refractivity contribution is 5.78. The summed E-state index contributed by atoms with van der Waals surface area (Å²) in [6, 6.07) is 0. The van der Waals surface area contributed by atoms with Crippen LogP contribution in [0.3, 0.4) is 0 Å². The molecule has 0 unspecified atom stereocenters. The fraction of sp³-hybridized carbons (Fsp3) is 0.882. The Labute approximate surface area is 133 Å². The summed E-state index contributed by atoms with van der Waals surface area (Å²) in [6.07, 6.45) is 7.14. The van der Waals surface area contributed by atoms with E-state index in [2.05, 4.69) is 4.90 Å². The van der Waals surface area contributed by atoms with Crippen LogP contribution in [-0.2, 0) is 9.59 Å². The van der Waals surface area contributed by atoms with Gasteiger partial charge in [0.2, 0.25) is 11.8 Å². The largest absolute Gasteiger partial charge is 0.346 e. The molecule has 0 aromatic carbocycles. The second kappa shape index (κ2) is 6.57. The number of carbonyl (C=O) groups excluding carboxylic acids is 2. The fourth-order valence-corrected chi connectivity index (χ4v) is 4.17. The van der Waals surface area contributed by atoms with Crippen molar-refractivity contribution < 1.29 is 9.59 Å². The van der Waals surface area contributed by atoms with E-state index in [1.54, 1.807) is 0 Å². The molecule has 3 aliphatic heterocycles. The van der Waals surface area contributed by atoms with E-state index >= 15 is 0 Å². The lowest BCUT2D eigenvalue weighted by Gasteiger charge is -2.41. The molecule has 0 aromatic heterocycles. The van der Waals surface area contributed by atoms with Crippen LogP contribution in [0.15, 0.2) is 0 Å². The van der Waals surface area contributed by atoms with Crippen molar-refractivity contribution in [2.24, 2.45) is 5.41 Å². The Morgan fingerprint density at radius 2 is 1.59 bits per heavy atom. The van der Waals surface area contributed by atoms with Crippen molar-refractivity contribution in [3.8, 4) is 0 Å². The summed E-state index contributed by atoms with van der Waals surface area (Å²) in [5.41, 5.74) is 0.389. The molecule has 3 saturated heterocycles. The number of carbonyl (C=O) groups is 2. The number of nitrogens with zero attached hydrogens (tertiary/aromatic N) is 3. The van der Waals surface area contributed by atoms with Gasteiger partial charge in [0.05, 0.1) is 0 Å². The Morgan fingerprint density at radius 3 is 2.27 bits per heavy atom. The molecule has 124 valence electrons. The van der Waals surface area contributed by atoms with Gasteiger partial charge in [-0.3, -0.25) is 9.59 Å². The van der Waals surface area contributed by atoms with Gasteiger partial charge in [-0.05, 0) is 50.6 Å². The standard InChI is InChI=1S/C17H29N3O2/c1-18-10-6-17(5-4-15(18)21)7-11-19(12-8-17)13-14-20-9-2-3-16(20)22/h2-14H2,1H3. The highest BCUT2D eigenvalue weighted by Gasteiger charge is 2.37. The minimum Gasteiger partial charge on any atom is -0.346 e. The van der Waals surface area contributed by atoms with Gasteiger partial charge in [0, 0.05) is 46.1 Å². The van der Waals surface area contributed by atoms with Crippen molar-refractivity contribution in [1.82, 2.24) is 14.7 Å². The maximum Gasteiger partial charge on any atom is 0.222 e. The molecule has 0 aromatic rings. The zero-order chi connectivity index (χ0) is 15.6. The molecule has 0 saturated carbocycles. The van der Waals surface area contributed by atoms with Crippen molar-refractivity contribution in [1.29, 1.82) is 0 Å². The SMILES string of the molecule is CN1CCC2(CCC1=O)CCN(CCN1CCCC1=O)CC2. The van der Waals surface area contributed by atoms with Crippen LogP contribution in [0.2, 0.25) is 0 Å². The molecule has 3 rings (SSSR count). The van der Waals surface area contributed by atoms with Crippen molar-refractivity contribution in [2.45, 2.75) is 44.9 Å². The molecule has 22 heavy (non-hydrogen) atoms. The van der Waals surface area contributed by atoms with E-state index < -0.39 is 0 Å². The molecule has 0 radical (unpaired) electrons. The molecule has 0 N–H and O–H groups in total. The summed E-state index contributed by atoms with van der Waals surface area (Å²) in [6.45, 7) is 6.03. The minimum atomic E-state index is 0.312. The number of rotatable bonds is 3. The van der Waals surface area contributed by atoms with Crippen LogP contribution in [-0.4, -0.2) is 72.8 Å². The third-order valence-corrected chi connectivity index (χ3v) is 6.05. The Bertz CT molecular complexity index is 430. The van der Waals surface area contributed by atoms with Crippen LogP contribution < -0.4 is 0 Å². The first kappa shape index (κ1) is 15.8. The highest BCUT2D eigenvalue weighted by atomic mass is 16.2. The van der Waals surface area contributed by atoms with Gasteiger partial charge in [-0.1, -0.05) is 0 Å².